The number of allylic oxidation sites excluding steroid dienone is 2. The van der Waals surface area contributed by atoms with Crippen LogP contribution in [-0.2, 0) is 14.4 Å². The number of benzene rings is 1. The van der Waals surface area contributed by atoms with Gasteiger partial charge in [0.15, 0.2) is 0 Å². The van der Waals surface area contributed by atoms with Gasteiger partial charge >= 0.3 is 10.1 Å². The average molecular weight is 306 g/mol. The minimum atomic E-state index is -3.56. The third-order valence-corrected chi connectivity index (χ3v) is 3.01. The number of rotatable bonds is 3. The average Bonchev–Trinajstić information content (AvgIpc) is 2.43. The lowest BCUT2D eigenvalue weighted by molar-refractivity contribution is 0.340. The molecule has 1 aromatic carbocycles. The van der Waals surface area contributed by atoms with Crippen molar-refractivity contribution in [3.8, 4) is 6.07 Å². The topological polar surface area (TPSA) is 79.5 Å². The van der Waals surface area contributed by atoms with Gasteiger partial charge in [0, 0.05) is 12.8 Å². The van der Waals surface area contributed by atoms with Gasteiger partial charge in [-0.25, -0.2) is 0 Å². The van der Waals surface area contributed by atoms with E-state index in [1.54, 1.807) is 0 Å². The minimum absolute atomic E-state index is 0.479. The first-order valence-electron chi connectivity index (χ1n) is 6.61. The quantitative estimate of drug-likeness (QED) is 0.635. The van der Waals surface area contributed by atoms with E-state index < -0.39 is 10.1 Å². The first kappa shape index (κ1) is 16.9. The summed E-state index contributed by atoms with van der Waals surface area (Å²) in [4.78, 5) is 0. The van der Waals surface area contributed by atoms with Crippen LogP contribution in [0.3, 0.4) is 0 Å². The first-order chi connectivity index (χ1) is 9.99. The summed E-state index contributed by atoms with van der Waals surface area (Å²) in [6, 6.07) is 11.5. The highest BCUT2D eigenvalue weighted by Gasteiger charge is 2.23. The summed E-state index contributed by atoms with van der Waals surface area (Å²) in [6.07, 6.45) is 1.90. The highest BCUT2D eigenvalue weighted by molar-refractivity contribution is 7.85. The SMILES string of the molecule is CC.CS(=O)(=O)ON=C1CC(=C(C#N)c2ccccc2)C1. The minimum Gasteiger partial charge on any atom is -0.269 e. The molecule has 0 spiro atoms. The molecule has 0 bridgehead atoms. The molecule has 2 rings (SSSR count). The van der Waals surface area contributed by atoms with Crippen molar-refractivity contribution in [3.05, 3.63) is 41.5 Å². The molecule has 0 heterocycles. The van der Waals surface area contributed by atoms with Gasteiger partial charge in [-0.2, -0.15) is 13.7 Å². The predicted molar refractivity (Wildman–Crippen MR) is 82.9 cm³/mol. The molecule has 21 heavy (non-hydrogen) atoms. The van der Waals surface area contributed by atoms with E-state index in [4.69, 9.17) is 0 Å². The third-order valence-electron chi connectivity index (χ3n) is 2.66. The van der Waals surface area contributed by atoms with E-state index in [0.717, 1.165) is 17.4 Å². The number of nitriles is 1. The lowest BCUT2D eigenvalue weighted by Crippen LogP contribution is -2.17. The van der Waals surface area contributed by atoms with Crippen molar-refractivity contribution in [2.24, 2.45) is 5.16 Å². The van der Waals surface area contributed by atoms with Crippen molar-refractivity contribution in [1.82, 2.24) is 0 Å². The molecule has 6 heteroatoms. The molecule has 0 aromatic heterocycles. The first-order valence-corrected chi connectivity index (χ1v) is 8.43. The van der Waals surface area contributed by atoms with Crippen molar-refractivity contribution in [2.75, 3.05) is 6.26 Å². The molecule has 0 radical (unpaired) electrons. The smallest absolute Gasteiger partial charge is 0.269 e. The third kappa shape index (κ3) is 5.04. The standard InChI is InChI=1S/C13H12N2O3S.C2H6/c1-19(16,17)18-15-12-7-11(8-12)13(9-14)10-5-3-2-4-6-10;1-2/h2-6H,7-8H2,1H3;1-2H3. The Bertz CT molecular complexity index is 673. The number of oxime groups is 1. The molecular weight excluding hydrogens is 288 g/mol. The Morgan fingerprint density at radius 1 is 1.24 bits per heavy atom. The van der Waals surface area contributed by atoms with Crippen LogP contribution < -0.4 is 0 Å². The maximum Gasteiger partial charge on any atom is 0.325 e. The van der Waals surface area contributed by atoms with E-state index in [1.165, 1.54) is 0 Å². The fraction of sp³-hybridized carbons (Fsp3) is 0.333. The maximum absolute atomic E-state index is 10.8. The zero-order chi connectivity index (χ0) is 15.9. The molecule has 1 fully saturated rings. The van der Waals surface area contributed by atoms with E-state index in [1.807, 2.05) is 44.2 Å². The fourth-order valence-corrected chi connectivity index (χ4v) is 2.00. The fourth-order valence-electron chi connectivity index (χ4n) is 1.76. The van der Waals surface area contributed by atoms with E-state index >= 15 is 0 Å². The normalized spacial score (nSPS) is 13.2. The Kier molecular flexibility index (Phi) is 6.12. The van der Waals surface area contributed by atoms with Crippen LogP contribution in [0.2, 0.25) is 0 Å². The zero-order valence-electron chi connectivity index (χ0n) is 12.3. The van der Waals surface area contributed by atoms with Gasteiger partial charge in [0.1, 0.15) is 0 Å². The Morgan fingerprint density at radius 2 is 1.81 bits per heavy atom. The lowest BCUT2D eigenvalue weighted by atomic mass is 9.84. The Balaban J connectivity index is 0.00000106. The van der Waals surface area contributed by atoms with Crippen LogP contribution in [-0.4, -0.2) is 20.4 Å². The Labute approximate surface area is 125 Å². The zero-order valence-corrected chi connectivity index (χ0v) is 13.1. The van der Waals surface area contributed by atoms with Crippen molar-refractivity contribution in [3.63, 3.8) is 0 Å². The van der Waals surface area contributed by atoms with E-state index in [9.17, 15) is 13.7 Å². The molecule has 1 saturated carbocycles. The molecule has 0 saturated heterocycles. The van der Waals surface area contributed by atoms with Gasteiger partial charge in [0.2, 0.25) is 0 Å². The second-order valence-corrected chi connectivity index (χ2v) is 5.80. The molecule has 1 aliphatic carbocycles. The maximum atomic E-state index is 10.8. The molecule has 112 valence electrons. The van der Waals surface area contributed by atoms with Crippen LogP contribution in [0.4, 0.5) is 0 Å². The van der Waals surface area contributed by atoms with Gasteiger partial charge in [-0.1, -0.05) is 49.3 Å². The van der Waals surface area contributed by atoms with Gasteiger partial charge in [-0.15, -0.1) is 0 Å². The van der Waals surface area contributed by atoms with Gasteiger partial charge in [0.05, 0.1) is 23.6 Å². The van der Waals surface area contributed by atoms with Crippen LogP contribution >= 0.6 is 0 Å². The molecule has 1 aliphatic rings. The van der Waals surface area contributed by atoms with Gasteiger partial charge < -0.3 is 0 Å². The summed E-state index contributed by atoms with van der Waals surface area (Å²) in [7, 11) is -3.56. The largest absolute Gasteiger partial charge is 0.325 e. The van der Waals surface area contributed by atoms with Gasteiger partial charge in [-0.3, -0.25) is 4.28 Å². The number of hydrogen-bond donors (Lipinski definition) is 0. The van der Waals surface area contributed by atoms with Crippen molar-refractivity contribution in [2.45, 2.75) is 26.7 Å². The number of hydrogen-bond acceptors (Lipinski definition) is 5. The van der Waals surface area contributed by atoms with E-state index in [-0.39, 0.29) is 0 Å². The van der Waals surface area contributed by atoms with Gasteiger partial charge in [0.25, 0.3) is 0 Å². The molecule has 0 unspecified atom stereocenters. The van der Waals surface area contributed by atoms with E-state index in [0.29, 0.717) is 24.1 Å². The van der Waals surface area contributed by atoms with Crippen LogP contribution in [0.1, 0.15) is 32.3 Å². The second kappa shape index (κ2) is 7.60. The lowest BCUT2D eigenvalue weighted by Gasteiger charge is -2.20. The van der Waals surface area contributed by atoms with Crippen LogP contribution in [0.15, 0.2) is 41.1 Å². The molecule has 0 atom stereocenters. The summed E-state index contributed by atoms with van der Waals surface area (Å²) < 4.78 is 25.9. The summed E-state index contributed by atoms with van der Waals surface area (Å²) in [5, 5.41) is 12.7. The Morgan fingerprint density at radius 3 is 2.29 bits per heavy atom. The molecule has 0 aliphatic heterocycles. The van der Waals surface area contributed by atoms with Crippen molar-refractivity contribution >= 4 is 21.4 Å². The van der Waals surface area contributed by atoms with Gasteiger partial charge in [-0.05, 0) is 11.1 Å². The van der Waals surface area contributed by atoms with Crippen molar-refractivity contribution in [1.29, 1.82) is 5.26 Å². The summed E-state index contributed by atoms with van der Waals surface area (Å²) >= 11 is 0. The Hall–Kier alpha value is -2.13. The van der Waals surface area contributed by atoms with Crippen LogP contribution in [0.25, 0.3) is 5.57 Å². The second-order valence-electron chi connectivity index (χ2n) is 4.25. The van der Waals surface area contributed by atoms with E-state index in [2.05, 4.69) is 15.5 Å². The van der Waals surface area contributed by atoms with Crippen LogP contribution in [0, 0.1) is 11.3 Å². The van der Waals surface area contributed by atoms with Crippen LogP contribution in [0.5, 0.6) is 0 Å². The summed E-state index contributed by atoms with van der Waals surface area (Å²) in [5.74, 6) is 0. The molecular formula is C15H18N2O3S. The molecule has 0 amide bonds. The highest BCUT2D eigenvalue weighted by atomic mass is 32.2. The highest BCUT2D eigenvalue weighted by Crippen LogP contribution is 2.31. The molecule has 1 aromatic rings. The monoisotopic (exact) mass is 306 g/mol. The van der Waals surface area contributed by atoms with Crippen molar-refractivity contribution < 1.29 is 12.7 Å². The molecule has 5 nitrogen and oxygen atoms in total. The summed E-state index contributed by atoms with van der Waals surface area (Å²) in [5.41, 5.74) is 3.07. The summed E-state index contributed by atoms with van der Waals surface area (Å²) in [6.45, 7) is 4.00. The number of nitrogens with zero attached hydrogens (tertiary/aromatic N) is 2. The predicted octanol–water partition coefficient (Wildman–Crippen LogP) is 3.12. The molecule has 0 N–H and O–H groups in total.